The molecule has 0 bridgehead atoms. The lowest BCUT2D eigenvalue weighted by Gasteiger charge is -2.08. The Hall–Kier alpha value is -2.91. The number of hydrogen-bond acceptors (Lipinski definition) is 5. The van der Waals surface area contributed by atoms with E-state index in [-0.39, 0.29) is 16.5 Å². The van der Waals surface area contributed by atoms with Crippen molar-refractivity contribution in [3.8, 4) is 5.75 Å². The topological polar surface area (TPSA) is 96.9 Å². The van der Waals surface area contributed by atoms with Gasteiger partial charge < -0.3 is 10.1 Å². The zero-order valence-corrected chi connectivity index (χ0v) is 20.3. The first-order chi connectivity index (χ1) is 15.7. The van der Waals surface area contributed by atoms with E-state index in [0.717, 1.165) is 0 Å². The minimum atomic E-state index is -1.02. The molecule has 0 aromatic heterocycles. The van der Waals surface area contributed by atoms with Gasteiger partial charge in [-0.05, 0) is 60.7 Å². The Morgan fingerprint density at radius 2 is 1.61 bits per heavy atom. The van der Waals surface area contributed by atoms with Crippen LogP contribution in [0.1, 0.15) is 15.9 Å². The van der Waals surface area contributed by atoms with Crippen LogP contribution in [0.15, 0.2) is 70.2 Å². The zero-order valence-electron chi connectivity index (χ0n) is 16.4. The maximum absolute atomic E-state index is 12.4. The summed E-state index contributed by atoms with van der Waals surface area (Å²) < 4.78 is 6.10. The lowest BCUT2D eigenvalue weighted by atomic mass is 10.2. The molecule has 3 rings (SSSR count). The molecule has 33 heavy (non-hydrogen) atoms. The molecule has 3 aromatic rings. The van der Waals surface area contributed by atoms with E-state index in [1.807, 2.05) is 0 Å². The van der Waals surface area contributed by atoms with E-state index in [4.69, 9.17) is 39.5 Å². The highest BCUT2D eigenvalue weighted by molar-refractivity contribution is 9.10. The number of hydrazone groups is 1. The number of amides is 2. The first-order valence-corrected chi connectivity index (χ1v) is 11.0. The van der Waals surface area contributed by atoms with Gasteiger partial charge in [0.2, 0.25) is 0 Å². The normalized spacial score (nSPS) is 10.7. The van der Waals surface area contributed by atoms with Gasteiger partial charge in [-0.3, -0.25) is 9.59 Å². The highest BCUT2D eigenvalue weighted by Crippen LogP contribution is 2.25. The van der Waals surface area contributed by atoms with Gasteiger partial charge in [-0.25, -0.2) is 10.2 Å². The Kier molecular flexibility index (Phi) is 8.46. The maximum Gasteiger partial charge on any atom is 0.343 e. The third-order valence-corrected chi connectivity index (χ3v) is 5.49. The number of rotatable bonds is 5. The highest BCUT2D eigenvalue weighted by Gasteiger charge is 2.15. The summed E-state index contributed by atoms with van der Waals surface area (Å²) in [6.45, 7) is 0. The molecule has 0 heterocycles. The van der Waals surface area contributed by atoms with Crippen LogP contribution in [0.3, 0.4) is 0 Å². The first-order valence-electron chi connectivity index (χ1n) is 9.09. The van der Waals surface area contributed by atoms with E-state index in [1.54, 1.807) is 30.3 Å². The van der Waals surface area contributed by atoms with Crippen molar-refractivity contribution in [3.05, 3.63) is 91.3 Å². The average molecular weight is 570 g/mol. The number of nitrogens with one attached hydrogen (secondary N) is 2. The van der Waals surface area contributed by atoms with Crippen molar-refractivity contribution in [2.24, 2.45) is 5.10 Å². The Morgan fingerprint density at radius 3 is 2.30 bits per heavy atom. The van der Waals surface area contributed by atoms with Crippen molar-refractivity contribution in [3.63, 3.8) is 0 Å². The highest BCUT2D eigenvalue weighted by atomic mass is 79.9. The van der Waals surface area contributed by atoms with Crippen molar-refractivity contribution < 1.29 is 19.1 Å². The fourth-order valence-electron chi connectivity index (χ4n) is 2.43. The third-order valence-electron chi connectivity index (χ3n) is 4.01. The number of carbonyl (C=O) groups is 3. The minimum Gasteiger partial charge on any atom is -0.422 e. The molecule has 0 aliphatic heterocycles. The van der Waals surface area contributed by atoms with E-state index >= 15 is 0 Å². The lowest BCUT2D eigenvalue weighted by molar-refractivity contribution is -0.136. The number of esters is 1. The number of hydrogen-bond donors (Lipinski definition) is 2. The molecule has 0 aliphatic carbocycles. The minimum absolute atomic E-state index is 0.191. The van der Waals surface area contributed by atoms with Crippen molar-refractivity contribution in [2.75, 3.05) is 5.32 Å². The van der Waals surface area contributed by atoms with E-state index in [2.05, 4.69) is 31.8 Å². The van der Waals surface area contributed by atoms with Gasteiger partial charge in [0.1, 0.15) is 5.75 Å². The second-order valence-electron chi connectivity index (χ2n) is 6.36. The number of nitrogens with zero attached hydrogens (tertiary/aromatic N) is 1. The van der Waals surface area contributed by atoms with Gasteiger partial charge in [0.25, 0.3) is 0 Å². The summed E-state index contributed by atoms with van der Waals surface area (Å²) in [6.07, 6.45) is 1.24. The summed E-state index contributed by atoms with van der Waals surface area (Å²) >= 11 is 20.9. The number of ether oxygens (including phenoxy) is 1. The van der Waals surface area contributed by atoms with Gasteiger partial charge in [0.05, 0.1) is 21.8 Å². The number of benzene rings is 3. The van der Waals surface area contributed by atoms with Crippen LogP contribution in [-0.4, -0.2) is 24.0 Å². The predicted molar refractivity (Wildman–Crippen MR) is 131 cm³/mol. The quantitative estimate of drug-likeness (QED) is 0.135. The van der Waals surface area contributed by atoms with Crippen molar-refractivity contribution >= 4 is 80.4 Å². The molecule has 168 valence electrons. The van der Waals surface area contributed by atoms with Crippen LogP contribution in [0.4, 0.5) is 5.69 Å². The number of carbonyl (C=O) groups excluding carboxylic acids is 3. The molecule has 2 amide bonds. The summed E-state index contributed by atoms with van der Waals surface area (Å²) in [7, 11) is 0. The van der Waals surface area contributed by atoms with Crippen LogP contribution in [0.25, 0.3) is 0 Å². The Balaban J connectivity index is 1.66. The van der Waals surface area contributed by atoms with Gasteiger partial charge in [-0.15, -0.1) is 0 Å². The van der Waals surface area contributed by atoms with Gasteiger partial charge >= 0.3 is 17.8 Å². The predicted octanol–water partition coefficient (Wildman–Crippen LogP) is 5.72. The Morgan fingerprint density at radius 1 is 0.879 bits per heavy atom. The molecule has 0 saturated heterocycles. The van der Waals surface area contributed by atoms with Gasteiger partial charge in [-0.2, -0.15) is 5.10 Å². The largest absolute Gasteiger partial charge is 0.422 e. The average Bonchev–Trinajstić information content (AvgIpc) is 2.78. The monoisotopic (exact) mass is 567 g/mol. The molecule has 0 saturated carbocycles. The number of halogens is 4. The molecule has 2 N–H and O–H groups in total. The van der Waals surface area contributed by atoms with Crippen LogP contribution in [0.5, 0.6) is 5.75 Å². The maximum atomic E-state index is 12.4. The molecule has 3 aromatic carbocycles. The van der Waals surface area contributed by atoms with Crippen molar-refractivity contribution in [1.29, 1.82) is 0 Å². The van der Waals surface area contributed by atoms with Gasteiger partial charge in [0, 0.05) is 20.7 Å². The van der Waals surface area contributed by atoms with Gasteiger partial charge in [0.15, 0.2) is 0 Å². The van der Waals surface area contributed by atoms with Crippen LogP contribution in [0.2, 0.25) is 15.1 Å². The number of anilines is 1. The van der Waals surface area contributed by atoms with Crippen LogP contribution >= 0.6 is 50.7 Å². The smallest absolute Gasteiger partial charge is 0.343 e. The Bertz CT molecular complexity index is 1250. The second-order valence-corrected chi connectivity index (χ2v) is 8.53. The summed E-state index contributed by atoms with van der Waals surface area (Å²) in [6, 6.07) is 15.4. The molecule has 0 spiro atoms. The van der Waals surface area contributed by atoms with E-state index in [9.17, 15) is 14.4 Å². The summed E-state index contributed by atoms with van der Waals surface area (Å²) in [5.41, 5.74) is 3.07. The van der Waals surface area contributed by atoms with Crippen molar-refractivity contribution in [2.45, 2.75) is 0 Å². The summed E-state index contributed by atoms with van der Waals surface area (Å²) in [5.74, 6) is -2.40. The van der Waals surface area contributed by atoms with E-state index < -0.39 is 17.8 Å². The second kappa shape index (κ2) is 11.3. The third kappa shape index (κ3) is 7.03. The SMILES string of the molecule is O=C(N/N=C\c1cc(Br)ccc1OC(=O)c1ccc(Cl)cc1)C(=O)Nc1ccc(Cl)c(Cl)c1. The first kappa shape index (κ1) is 24.7. The van der Waals surface area contributed by atoms with E-state index in [0.29, 0.717) is 25.6 Å². The lowest BCUT2D eigenvalue weighted by Crippen LogP contribution is -2.32. The summed E-state index contributed by atoms with van der Waals surface area (Å²) in [5, 5.41) is 7.16. The van der Waals surface area contributed by atoms with Crippen LogP contribution in [0, 0.1) is 0 Å². The molecular formula is C22H13BrCl3N3O4. The molecule has 0 atom stereocenters. The molecule has 0 radical (unpaired) electrons. The zero-order chi connectivity index (χ0) is 24.0. The molecule has 11 heteroatoms. The molecule has 0 unspecified atom stereocenters. The molecule has 0 aliphatic rings. The van der Waals surface area contributed by atoms with Crippen LogP contribution < -0.4 is 15.5 Å². The molecular weight excluding hydrogens is 557 g/mol. The van der Waals surface area contributed by atoms with Crippen molar-refractivity contribution in [1.82, 2.24) is 5.43 Å². The summed E-state index contributed by atoms with van der Waals surface area (Å²) in [4.78, 5) is 36.5. The molecule has 0 fully saturated rings. The molecule has 7 nitrogen and oxygen atoms in total. The fourth-order valence-corrected chi connectivity index (χ4v) is 3.23. The standard InChI is InChI=1S/C22H13BrCl3N3O4/c23-14-3-8-19(33-22(32)12-1-4-15(24)5-2-12)13(9-14)11-27-29-21(31)20(30)28-16-6-7-17(25)18(26)10-16/h1-11H,(H,28,30)(H,29,31)/b27-11-. The van der Waals surface area contributed by atoms with Gasteiger partial charge in [-0.1, -0.05) is 50.7 Å². The fraction of sp³-hybridized carbons (Fsp3) is 0. The van der Waals surface area contributed by atoms with E-state index in [1.165, 1.54) is 36.5 Å². The Labute approximate surface area is 211 Å². The van der Waals surface area contributed by atoms with Crippen LogP contribution in [-0.2, 0) is 9.59 Å².